The van der Waals surface area contributed by atoms with Crippen molar-refractivity contribution >= 4 is 18.5 Å². The number of hydrogen-bond acceptors (Lipinski definition) is 3. The van der Waals surface area contributed by atoms with Gasteiger partial charge in [-0.05, 0) is 31.0 Å². The highest BCUT2D eigenvalue weighted by Crippen LogP contribution is 2.22. The van der Waals surface area contributed by atoms with Crippen molar-refractivity contribution in [2.75, 3.05) is 13.2 Å². The summed E-state index contributed by atoms with van der Waals surface area (Å²) in [7, 11) is 0. The minimum absolute atomic E-state index is 0.0346. The van der Waals surface area contributed by atoms with E-state index in [1.807, 2.05) is 12.1 Å². The van der Waals surface area contributed by atoms with Gasteiger partial charge >= 0.3 is 0 Å². The van der Waals surface area contributed by atoms with Crippen molar-refractivity contribution in [1.82, 2.24) is 5.32 Å². The van der Waals surface area contributed by atoms with Crippen LogP contribution in [0, 0.1) is 5.92 Å². The van der Waals surface area contributed by atoms with Crippen molar-refractivity contribution in [1.29, 1.82) is 0 Å². The second kappa shape index (κ2) is 6.25. The maximum atomic E-state index is 12.0. The normalized spacial score (nSPS) is 23.0. The summed E-state index contributed by atoms with van der Waals surface area (Å²) in [5, 5.41) is 2.98. The first-order valence-electron chi connectivity index (χ1n) is 6.39. The van der Waals surface area contributed by atoms with Crippen molar-refractivity contribution in [3.05, 3.63) is 29.8 Å². The molecule has 0 aromatic heterocycles. The number of benzene rings is 1. The molecule has 2 rings (SSSR count). The number of carbonyl (C=O) groups excluding carboxylic acids is 1. The molecule has 0 saturated carbocycles. The monoisotopic (exact) mass is 265 g/mol. The minimum Gasteiger partial charge on any atom is -0.378 e. The molecule has 0 bridgehead atoms. The molecule has 1 N–H and O–H groups in total. The molecule has 1 amide bonds. The molecule has 18 heavy (non-hydrogen) atoms. The molecule has 1 aromatic rings. The van der Waals surface area contributed by atoms with E-state index in [0.717, 1.165) is 24.3 Å². The molecular formula is C14H19NO2S. The zero-order valence-electron chi connectivity index (χ0n) is 10.6. The van der Waals surface area contributed by atoms with E-state index in [1.54, 1.807) is 12.1 Å². The highest BCUT2D eigenvalue weighted by Gasteiger charge is 2.26. The lowest BCUT2D eigenvalue weighted by Crippen LogP contribution is -2.32. The molecule has 0 radical (unpaired) electrons. The standard InChI is InChI=1S/C14H19NO2S/c1-2-13-11(6-7-17-13)9-15-14(16)10-4-3-5-12(18)8-10/h3-5,8,11,13,18H,2,6-7,9H2,1H3,(H,15,16). The number of carbonyl (C=O) groups is 1. The Morgan fingerprint density at radius 3 is 3.11 bits per heavy atom. The quantitative estimate of drug-likeness (QED) is 0.821. The molecule has 1 aromatic carbocycles. The van der Waals surface area contributed by atoms with Crippen LogP contribution in [-0.2, 0) is 4.74 Å². The number of rotatable bonds is 4. The number of thiol groups is 1. The zero-order valence-corrected chi connectivity index (χ0v) is 11.5. The smallest absolute Gasteiger partial charge is 0.251 e. The first-order valence-corrected chi connectivity index (χ1v) is 6.84. The van der Waals surface area contributed by atoms with Crippen molar-refractivity contribution in [2.24, 2.45) is 5.92 Å². The lowest BCUT2D eigenvalue weighted by atomic mass is 9.99. The molecular weight excluding hydrogens is 246 g/mol. The first-order chi connectivity index (χ1) is 8.70. The van der Waals surface area contributed by atoms with Gasteiger partial charge in [-0.2, -0.15) is 0 Å². The average molecular weight is 265 g/mol. The van der Waals surface area contributed by atoms with Gasteiger partial charge in [0.05, 0.1) is 6.10 Å². The molecule has 1 saturated heterocycles. The van der Waals surface area contributed by atoms with Gasteiger partial charge in [0, 0.05) is 29.5 Å². The van der Waals surface area contributed by atoms with E-state index < -0.39 is 0 Å². The van der Waals surface area contributed by atoms with Gasteiger partial charge in [0.15, 0.2) is 0 Å². The summed E-state index contributed by atoms with van der Waals surface area (Å²) >= 11 is 4.23. The molecule has 2 atom stereocenters. The molecule has 2 unspecified atom stereocenters. The summed E-state index contributed by atoms with van der Waals surface area (Å²) in [6, 6.07) is 7.28. The van der Waals surface area contributed by atoms with Gasteiger partial charge in [-0.1, -0.05) is 13.0 Å². The largest absolute Gasteiger partial charge is 0.378 e. The summed E-state index contributed by atoms with van der Waals surface area (Å²) in [6.45, 7) is 3.62. The summed E-state index contributed by atoms with van der Waals surface area (Å²) in [5.74, 6) is 0.408. The van der Waals surface area contributed by atoms with Gasteiger partial charge in [0.25, 0.3) is 5.91 Å². The molecule has 4 heteroatoms. The summed E-state index contributed by atoms with van der Waals surface area (Å²) in [6.07, 6.45) is 2.33. The molecule has 0 aliphatic carbocycles. The highest BCUT2D eigenvalue weighted by atomic mass is 32.1. The second-order valence-electron chi connectivity index (χ2n) is 4.63. The number of amides is 1. The van der Waals surface area contributed by atoms with E-state index >= 15 is 0 Å². The number of hydrogen-bond donors (Lipinski definition) is 2. The zero-order chi connectivity index (χ0) is 13.0. The molecule has 1 aliphatic heterocycles. The van der Waals surface area contributed by atoms with Gasteiger partial charge in [0.2, 0.25) is 0 Å². The second-order valence-corrected chi connectivity index (χ2v) is 5.14. The van der Waals surface area contributed by atoms with E-state index in [2.05, 4.69) is 24.9 Å². The Morgan fingerprint density at radius 2 is 2.39 bits per heavy atom. The third-order valence-corrected chi connectivity index (χ3v) is 3.66. The molecule has 98 valence electrons. The fourth-order valence-electron chi connectivity index (χ4n) is 2.35. The Morgan fingerprint density at radius 1 is 1.56 bits per heavy atom. The van der Waals surface area contributed by atoms with Crippen LogP contribution in [0.2, 0.25) is 0 Å². The molecule has 1 fully saturated rings. The molecule has 3 nitrogen and oxygen atoms in total. The summed E-state index contributed by atoms with van der Waals surface area (Å²) in [4.78, 5) is 12.8. The average Bonchev–Trinajstić information content (AvgIpc) is 2.83. The predicted octanol–water partition coefficient (Wildman–Crippen LogP) is 2.52. The van der Waals surface area contributed by atoms with Crippen molar-refractivity contribution in [3.63, 3.8) is 0 Å². The third kappa shape index (κ3) is 3.27. The molecule has 1 heterocycles. The van der Waals surface area contributed by atoms with Crippen LogP contribution in [0.5, 0.6) is 0 Å². The molecule has 0 spiro atoms. The Hall–Kier alpha value is -1.00. The SMILES string of the molecule is CCC1OCCC1CNC(=O)c1cccc(S)c1. The lowest BCUT2D eigenvalue weighted by Gasteiger charge is -2.17. The Labute approximate surface area is 113 Å². The van der Waals surface area contributed by atoms with E-state index in [-0.39, 0.29) is 5.91 Å². The van der Waals surface area contributed by atoms with Crippen LogP contribution in [0.3, 0.4) is 0 Å². The Bertz CT molecular complexity index is 422. The minimum atomic E-state index is -0.0346. The predicted molar refractivity (Wildman–Crippen MR) is 74.2 cm³/mol. The maximum Gasteiger partial charge on any atom is 0.251 e. The lowest BCUT2D eigenvalue weighted by molar-refractivity contribution is 0.0827. The van der Waals surface area contributed by atoms with Crippen molar-refractivity contribution in [3.8, 4) is 0 Å². The number of ether oxygens (including phenoxy) is 1. The Kier molecular flexibility index (Phi) is 4.66. The summed E-state index contributed by atoms with van der Waals surface area (Å²) in [5.41, 5.74) is 0.662. The summed E-state index contributed by atoms with van der Waals surface area (Å²) < 4.78 is 5.61. The maximum absolute atomic E-state index is 12.0. The Balaban J connectivity index is 1.88. The third-order valence-electron chi connectivity index (χ3n) is 3.38. The van der Waals surface area contributed by atoms with Gasteiger partial charge in [-0.25, -0.2) is 0 Å². The van der Waals surface area contributed by atoms with Gasteiger partial charge < -0.3 is 10.1 Å². The fourth-order valence-corrected chi connectivity index (χ4v) is 2.58. The van der Waals surface area contributed by atoms with E-state index in [0.29, 0.717) is 24.1 Å². The fraction of sp³-hybridized carbons (Fsp3) is 0.500. The van der Waals surface area contributed by atoms with Crippen molar-refractivity contribution in [2.45, 2.75) is 30.8 Å². The van der Waals surface area contributed by atoms with E-state index in [9.17, 15) is 4.79 Å². The van der Waals surface area contributed by atoms with Gasteiger partial charge in [-0.3, -0.25) is 4.79 Å². The van der Waals surface area contributed by atoms with Crippen LogP contribution in [0.4, 0.5) is 0 Å². The topological polar surface area (TPSA) is 38.3 Å². The van der Waals surface area contributed by atoms with Crippen molar-refractivity contribution < 1.29 is 9.53 Å². The highest BCUT2D eigenvalue weighted by molar-refractivity contribution is 7.80. The molecule has 1 aliphatic rings. The van der Waals surface area contributed by atoms with E-state index in [4.69, 9.17) is 4.74 Å². The van der Waals surface area contributed by atoms with Gasteiger partial charge in [-0.15, -0.1) is 12.6 Å². The number of nitrogens with one attached hydrogen (secondary N) is 1. The van der Waals surface area contributed by atoms with Crippen LogP contribution < -0.4 is 5.32 Å². The first kappa shape index (κ1) is 13.4. The van der Waals surface area contributed by atoms with Crippen LogP contribution >= 0.6 is 12.6 Å². The van der Waals surface area contributed by atoms with Gasteiger partial charge in [0.1, 0.15) is 0 Å². The van der Waals surface area contributed by atoms with Crippen LogP contribution in [-0.4, -0.2) is 25.2 Å². The van der Waals surface area contributed by atoms with Crippen LogP contribution in [0.25, 0.3) is 0 Å². The van der Waals surface area contributed by atoms with Crippen LogP contribution in [0.1, 0.15) is 30.1 Å². The van der Waals surface area contributed by atoms with E-state index in [1.165, 1.54) is 0 Å². The van der Waals surface area contributed by atoms with Crippen LogP contribution in [0.15, 0.2) is 29.2 Å².